The van der Waals surface area contributed by atoms with Gasteiger partial charge in [0.25, 0.3) is 11.8 Å². The van der Waals surface area contributed by atoms with Gasteiger partial charge in [0.2, 0.25) is 0 Å². The fourth-order valence-electron chi connectivity index (χ4n) is 2.82. The summed E-state index contributed by atoms with van der Waals surface area (Å²) < 4.78 is 11.2. The highest BCUT2D eigenvalue weighted by Crippen LogP contribution is 2.16. The van der Waals surface area contributed by atoms with Crippen molar-refractivity contribution in [1.82, 2.24) is 5.32 Å². The highest BCUT2D eigenvalue weighted by molar-refractivity contribution is 6.05. The van der Waals surface area contributed by atoms with Gasteiger partial charge < -0.3 is 20.1 Å². The molecule has 0 fully saturated rings. The summed E-state index contributed by atoms with van der Waals surface area (Å²) in [6.07, 6.45) is 0.863. The van der Waals surface area contributed by atoms with Gasteiger partial charge in [-0.05, 0) is 61.0 Å². The lowest BCUT2D eigenvalue weighted by molar-refractivity contribution is 0.0952. The molecule has 0 heterocycles. The molecule has 0 atom stereocenters. The molecule has 0 aliphatic carbocycles. The smallest absolute Gasteiger partial charge is 0.255 e. The monoisotopic (exact) mass is 418 g/mol. The molecule has 0 saturated heterocycles. The van der Waals surface area contributed by atoms with Gasteiger partial charge in [0.1, 0.15) is 24.7 Å². The van der Waals surface area contributed by atoms with E-state index in [1.807, 2.05) is 37.3 Å². The first kappa shape index (κ1) is 21.9. The topological polar surface area (TPSA) is 76.7 Å². The summed E-state index contributed by atoms with van der Waals surface area (Å²) in [5.41, 5.74) is 1.56. The average Bonchev–Trinajstić information content (AvgIpc) is 2.81. The Morgan fingerprint density at radius 3 is 2.10 bits per heavy atom. The van der Waals surface area contributed by atoms with Crippen molar-refractivity contribution in [2.24, 2.45) is 0 Å². The van der Waals surface area contributed by atoms with E-state index in [2.05, 4.69) is 10.6 Å². The summed E-state index contributed by atoms with van der Waals surface area (Å²) in [6.45, 7) is 3.43. The zero-order valence-corrected chi connectivity index (χ0v) is 17.5. The number of carbonyl (C=O) groups excluding carboxylic acids is 2. The molecule has 2 amide bonds. The van der Waals surface area contributed by atoms with E-state index in [0.717, 1.165) is 12.2 Å². The highest BCUT2D eigenvalue weighted by Gasteiger charge is 2.09. The molecule has 2 N–H and O–H groups in total. The Morgan fingerprint density at radius 2 is 1.42 bits per heavy atom. The van der Waals surface area contributed by atoms with Crippen molar-refractivity contribution in [3.05, 3.63) is 90.0 Å². The first-order valence-corrected chi connectivity index (χ1v) is 10.3. The molecular formula is C25H26N2O4. The average molecular weight is 418 g/mol. The van der Waals surface area contributed by atoms with Crippen LogP contribution in [0.2, 0.25) is 0 Å². The first-order valence-electron chi connectivity index (χ1n) is 10.3. The highest BCUT2D eigenvalue weighted by atomic mass is 16.5. The predicted octanol–water partition coefficient (Wildman–Crippen LogP) is 4.54. The minimum atomic E-state index is -0.259. The number of nitrogens with one attached hydrogen (secondary N) is 2. The van der Waals surface area contributed by atoms with Crippen molar-refractivity contribution < 1.29 is 19.1 Å². The lowest BCUT2D eigenvalue weighted by atomic mass is 10.1. The van der Waals surface area contributed by atoms with Crippen LogP contribution in [0, 0.1) is 0 Å². The number of carbonyl (C=O) groups is 2. The van der Waals surface area contributed by atoms with Gasteiger partial charge in [0, 0.05) is 23.4 Å². The van der Waals surface area contributed by atoms with E-state index in [9.17, 15) is 9.59 Å². The second kappa shape index (κ2) is 11.4. The van der Waals surface area contributed by atoms with E-state index in [1.165, 1.54) is 0 Å². The molecular weight excluding hydrogens is 392 g/mol. The molecule has 3 aromatic carbocycles. The molecule has 3 aromatic rings. The molecule has 6 heteroatoms. The number of hydrogen-bond acceptors (Lipinski definition) is 4. The second-order valence-electron chi connectivity index (χ2n) is 6.83. The van der Waals surface area contributed by atoms with Crippen LogP contribution in [0.15, 0.2) is 78.9 Å². The fraction of sp³-hybridized carbons (Fsp3) is 0.200. The van der Waals surface area contributed by atoms with Crippen molar-refractivity contribution in [3.63, 3.8) is 0 Å². The lowest BCUT2D eigenvalue weighted by Gasteiger charge is -2.10. The van der Waals surface area contributed by atoms with E-state index >= 15 is 0 Å². The zero-order chi connectivity index (χ0) is 21.9. The largest absolute Gasteiger partial charge is 0.490 e. The number of anilines is 1. The number of hydrogen-bond donors (Lipinski definition) is 2. The van der Waals surface area contributed by atoms with Crippen molar-refractivity contribution in [1.29, 1.82) is 0 Å². The third kappa shape index (κ3) is 6.89. The summed E-state index contributed by atoms with van der Waals surface area (Å²) in [7, 11) is 0. The van der Waals surface area contributed by atoms with Crippen molar-refractivity contribution >= 4 is 17.5 Å². The van der Waals surface area contributed by atoms with Gasteiger partial charge >= 0.3 is 0 Å². The van der Waals surface area contributed by atoms with Gasteiger partial charge in [-0.25, -0.2) is 0 Å². The van der Waals surface area contributed by atoms with E-state index < -0.39 is 0 Å². The Labute approximate surface area is 182 Å². The standard InChI is InChI=1S/C25H26N2O4/c1-2-15-26-24(28)20-7-6-8-21(18-20)27-25(29)19-11-13-23(14-12-19)31-17-16-30-22-9-4-3-5-10-22/h3-14,18H,2,15-17H2,1H3,(H,26,28)(H,27,29). The van der Waals surface area contributed by atoms with Gasteiger partial charge in [-0.1, -0.05) is 31.2 Å². The van der Waals surface area contributed by atoms with Crippen LogP contribution in [-0.4, -0.2) is 31.6 Å². The van der Waals surface area contributed by atoms with E-state index in [4.69, 9.17) is 9.47 Å². The lowest BCUT2D eigenvalue weighted by Crippen LogP contribution is -2.24. The minimum Gasteiger partial charge on any atom is -0.490 e. The van der Waals surface area contributed by atoms with Gasteiger partial charge in [0.15, 0.2) is 0 Å². The minimum absolute atomic E-state index is 0.157. The number of para-hydroxylation sites is 1. The van der Waals surface area contributed by atoms with Crippen molar-refractivity contribution in [2.75, 3.05) is 25.1 Å². The van der Waals surface area contributed by atoms with Crippen molar-refractivity contribution in [3.8, 4) is 11.5 Å². The summed E-state index contributed by atoms with van der Waals surface area (Å²) in [6, 6.07) is 23.3. The predicted molar refractivity (Wildman–Crippen MR) is 121 cm³/mol. The Kier molecular flexibility index (Phi) is 8.05. The van der Waals surface area contributed by atoms with Gasteiger partial charge in [-0.2, -0.15) is 0 Å². The molecule has 0 radical (unpaired) electrons. The van der Waals surface area contributed by atoms with Crippen LogP contribution < -0.4 is 20.1 Å². The zero-order valence-electron chi connectivity index (χ0n) is 17.5. The van der Waals surface area contributed by atoms with Crippen molar-refractivity contribution in [2.45, 2.75) is 13.3 Å². The second-order valence-corrected chi connectivity index (χ2v) is 6.83. The summed E-state index contributed by atoms with van der Waals surface area (Å²) in [5.74, 6) is 1.04. The molecule has 160 valence electrons. The van der Waals surface area contributed by atoms with E-state index in [1.54, 1.807) is 48.5 Å². The third-order valence-electron chi connectivity index (χ3n) is 4.40. The van der Waals surface area contributed by atoms with Crippen LogP contribution in [0.5, 0.6) is 11.5 Å². The molecule has 0 unspecified atom stereocenters. The van der Waals surface area contributed by atoms with Gasteiger partial charge in [-0.15, -0.1) is 0 Å². The van der Waals surface area contributed by atoms with Crippen LogP contribution in [0.4, 0.5) is 5.69 Å². The Hall–Kier alpha value is -3.80. The molecule has 0 aliphatic rings. The summed E-state index contributed by atoms with van der Waals surface area (Å²) in [5, 5.41) is 5.64. The Morgan fingerprint density at radius 1 is 0.742 bits per heavy atom. The molecule has 31 heavy (non-hydrogen) atoms. The molecule has 0 bridgehead atoms. The summed E-state index contributed by atoms with van der Waals surface area (Å²) in [4.78, 5) is 24.6. The molecule has 0 spiro atoms. The van der Waals surface area contributed by atoms with Gasteiger partial charge in [-0.3, -0.25) is 9.59 Å². The quantitative estimate of drug-likeness (QED) is 0.474. The number of benzene rings is 3. The van der Waals surface area contributed by atoms with Crippen LogP contribution in [0.25, 0.3) is 0 Å². The van der Waals surface area contributed by atoms with Crippen LogP contribution >= 0.6 is 0 Å². The maximum Gasteiger partial charge on any atom is 0.255 e. The van der Waals surface area contributed by atoms with Crippen LogP contribution in [0.1, 0.15) is 34.1 Å². The van der Waals surface area contributed by atoms with Gasteiger partial charge in [0.05, 0.1) is 0 Å². The maximum absolute atomic E-state index is 12.5. The Balaban J connectivity index is 1.49. The van der Waals surface area contributed by atoms with Crippen LogP contribution in [-0.2, 0) is 0 Å². The molecule has 0 aliphatic heterocycles. The summed E-state index contributed by atoms with van der Waals surface area (Å²) >= 11 is 0. The SMILES string of the molecule is CCCNC(=O)c1cccc(NC(=O)c2ccc(OCCOc3ccccc3)cc2)c1. The van der Waals surface area contributed by atoms with Crippen LogP contribution in [0.3, 0.4) is 0 Å². The molecule has 3 rings (SSSR count). The Bertz CT molecular complexity index is 988. The number of rotatable bonds is 10. The fourth-order valence-corrected chi connectivity index (χ4v) is 2.82. The number of amides is 2. The van der Waals surface area contributed by atoms with E-state index in [-0.39, 0.29) is 11.8 Å². The molecule has 0 aromatic heterocycles. The van der Waals surface area contributed by atoms with E-state index in [0.29, 0.717) is 42.3 Å². The number of ether oxygens (including phenoxy) is 2. The maximum atomic E-state index is 12.5. The molecule has 0 saturated carbocycles. The first-order chi connectivity index (χ1) is 15.2. The third-order valence-corrected chi connectivity index (χ3v) is 4.40. The normalized spacial score (nSPS) is 10.2. The molecule has 6 nitrogen and oxygen atoms in total.